The molecular weight excluding hydrogens is 208 g/mol. The Kier molecular flexibility index (Phi) is 2.82. The summed E-state index contributed by atoms with van der Waals surface area (Å²) in [4.78, 5) is 0. The maximum atomic E-state index is 3.90. The number of aromatic nitrogens is 6. The lowest BCUT2D eigenvalue weighted by Gasteiger charge is -1.91. The van der Waals surface area contributed by atoms with Gasteiger partial charge in [0.1, 0.15) is 5.51 Å². The number of H-pyrrole nitrogens is 1. The Bertz CT molecular complexity index is 296. The smallest absolute Gasteiger partial charge is 0.175 e. The minimum Gasteiger partial charge on any atom is -0.177 e. The van der Waals surface area contributed by atoms with Crippen molar-refractivity contribution in [2.24, 2.45) is 0 Å². The predicted octanol–water partition coefficient (Wildman–Crippen LogP) is 0.386. The number of hydrogen-bond acceptors (Lipinski definition) is 7. The molecule has 0 aliphatic carbocycles. The Labute approximate surface area is 82.2 Å². The Hall–Kier alpha value is -1.02. The number of aryl methyl sites for hydroxylation is 1. The van der Waals surface area contributed by atoms with Crippen molar-refractivity contribution in [1.82, 2.24) is 30.8 Å². The highest BCUT2D eigenvalue weighted by Gasteiger charge is 2.00. The molecule has 68 valence electrons. The standard InChI is InChI=1S/C5H6N6S2/c1(4-7-10-11-8-4)2-12-5-9-6-3-13-5/h3H,1-2H2,(H,7,8,10,11). The van der Waals surface area contributed by atoms with E-state index < -0.39 is 0 Å². The topological polar surface area (TPSA) is 80.2 Å². The minimum atomic E-state index is 0.733. The van der Waals surface area contributed by atoms with Crippen LogP contribution >= 0.6 is 23.1 Å². The summed E-state index contributed by atoms with van der Waals surface area (Å²) in [7, 11) is 0. The van der Waals surface area contributed by atoms with Gasteiger partial charge in [-0.3, -0.25) is 0 Å². The fourth-order valence-corrected chi connectivity index (χ4v) is 2.24. The molecule has 6 nitrogen and oxygen atoms in total. The number of nitrogens with zero attached hydrogens (tertiary/aromatic N) is 5. The van der Waals surface area contributed by atoms with E-state index in [0.29, 0.717) is 0 Å². The summed E-state index contributed by atoms with van der Waals surface area (Å²) in [6, 6.07) is 0. The quantitative estimate of drug-likeness (QED) is 0.741. The van der Waals surface area contributed by atoms with Crippen LogP contribution in [0.5, 0.6) is 0 Å². The van der Waals surface area contributed by atoms with Gasteiger partial charge >= 0.3 is 0 Å². The van der Waals surface area contributed by atoms with Crippen LogP contribution in [0, 0.1) is 0 Å². The Balaban J connectivity index is 1.76. The summed E-state index contributed by atoms with van der Waals surface area (Å²) in [5.74, 6) is 1.63. The van der Waals surface area contributed by atoms with Crippen molar-refractivity contribution in [3.8, 4) is 0 Å². The van der Waals surface area contributed by atoms with E-state index in [1.165, 1.54) is 11.3 Å². The molecule has 0 saturated heterocycles. The first-order valence-electron chi connectivity index (χ1n) is 3.56. The average molecular weight is 214 g/mol. The lowest BCUT2D eigenvalue weighted by atomic mass is 10.5. The van der Waals surface area contributed by atoms with Crippen molar-refractivity contribution in [2.45, 2.75) is 10.8 Å². The zero-order valence-corrected chi connectivity index (χ0v) is 8.18. The molecule has 0 radical (unpaired) electrons. The van der Waals surface area contributed by atoms with Gasteiger partial charge in [-0.2, -0.15) is 5.21 Å². The summed E-state index contributed by atoms with van der Waals surface area (Å²) < 4.78 is 0.975. The first-order chi connectivity index (χ1) is 6.45. The van der Waals surface area contributed by atoms with E-state index in [-0.39, 0.29) is 0 Å². The molecule has 0 fully saturated rings. The largest absolute Gasteiger partial charge is 0.177 e. The summed E-state index contributed by atoms with van der Waals surface area (Å²) in [5.41, 5.74) is 1.72. The molecule has 1 N–H and O–H groups in total. The number of rotatable bonds is 4. The van der Waals surface area contributed by atoms with Crippen molar-refractivity contribution in [2.75, 3.05) is 5.75 Å². The Morgan fingerprint density at radius 2 is 2.46 bits per heavy atom. The van der Waals surface area contributed by atoms with Crippen molar-refractivity contribution in [3.63, 3.8) is 0 Å². The van der Waals surface area contributed by atoms with Gasteiger partial charge in [-0.25, -0.2) is 0 Å². The molecule has 0 aliphatic heterocycles. The van der Waals surface area contributed by atoms with E-state index in [1.807, 2.05) is 0 Å². The van der Waals surface area contributed by atoms with E-state index in [0.717, 1.165) is 22.3 Å². The van der Waals surface area contributed by atoms with Gasteiger partial charge in [0.05, 0.1) is 0 Å². The molecule has 2 heterocycles. The van der Waals surface area contributed by atoms with Crippen LogP contribution in [0.25, 0.3) is 0 Å². The number of hydrogen-bond donors (Lipinski definition) is 1. The van der Waals surface area contributed by atoms with E-state index in [9.17, 15) is 0 Å². The molecule has 0 aliphatic rings. The molecule has 2 rings (SSSR count). The molecule has 8 heteroatoms. The van der Waals surface area contributed by atoms with Crippen molar-refractivity contribution in [1.29, 1.82) is 0 Å². The molecule has 0 atom stereocenters. The molecule has 0 bridgehead atoms. The van der Waals surface area contributed by atoms with Crippen LogP contribution in [0.3, 0.4) is 0 Å². The highest BCUT2D eigenvalue weighted by molar-refractivity contribution is 8.00. The van der Waals surface area contributed by atoms with Crippen molar-refractivity contribution in [3.05, 3.63) is 11.3 Å². The first-order valence-corrected chi connectivity index (χ1v) is 5.43. The second-order valence-corrected chi connectivity index (χ2v) is 4.31. The molecule has 0 amide bonds. The predicted molar refractivity (Wildman–Crippen MR) is 48.5 cm³/mol. The van der Waals surface area contributed by atoms with Gasteiger partial charge in [-0.15, -0.1) is 20.4 Å². The normalized spacial score (nSPS) is 10.5. The Morgan fingerprint density at radius 1 is 1.46 bits per heavy atom. The van der Waals surface area contributed by atoms with Crippen LogP contribution in [-0.4, -0.2) is 36.6 Å². The third-order valence-electron chi connectivity index (χ3n) is 1.28. The second kappa shape index (κ2) is 4.28. The van der Waals surface area contributed by atoms with Crippen LogP contribution in [0.15, 0.2) is 9.85 Å². The molecule has 2 aromatic rings. The number of nitrogens with one attached hydrogen (secondary N) is 1. The molecule has 0 unspecified atom stereocenters. The lowest BCUT2D eigenvalue weighted by molar-refractivity contribution is 0.881. The SMILES string of the molecule is c1nnc(SCCc2nn[nH]n2)s1. The molecular formula is C5H6N6S2. The number of aromatic amines is 1. The highest BCUT2D eigenvalue weighted by atomic mass is 32.2. The minimum absolute atomic E-state index is 0.733. The number of tetrazole rings is 1. The van der Waals surface area contributed by atoms with Gasteiger partial charge in [0.25, 0.3) is 0 Å². The van der Waals surface area contributed by atoms with Crippen LogP contribution in [-0.2, 0) is 6.42 Å². The van der Waals surface area contributed by atoms with E-state index in [4.69, 9.17) is 0 Å². The van der Waals surface area contributed by atoms with E-state index in [1.54, 1.807) is 17.3 Å². The maximum Gasteiger partial charge on any atom is 0.175 e. The van der Waals surface area contributed by atoms with Gasteiger partial charge in [0.15, 0.2) is 10.2 Å². The average Bonchev–Trinajstić information content (AvgIpc) is 2.75. The maximum absolute atomic E-state index is 3.90. The van der Waals surface area contributed by atoms with Crippen LogP contribution < -0.4 is 0 Å². The Morgan fingerprint density at radius 3 is 3.15 bits per heavy atom. The van der Waals surface area contributed by atoms with Crippen molar-refractivity contribution >= 4 is 23.1 Å². The summed E-state index contributed by atoms with van der Waals surface area (Å²) in [5, 5.41) is 21.2. The van der Waals surface area contributed by atoms with Gasteiger partial charge in [-0.1, -0.05) is 28.3 Å². The van der Waals surface area contributed by atoms with Crippen molar-refractivity contribution < 1.29 is 0 Å². The molecule has 0 spiro atoms. The first kappa shape index (κ1) is 8.57. The van der Waals surface area contributed by atoms with Crippen LogP contribution in [0.4, 0.5) is 0 Å². The van der Waals surface area contributed by atoms with Crippen LogP contribution in [0.2, 0.25) is 0 Å². The second-order valence-electron chi connectivity index (χ2n) is 2.13. The van der Waals surface area contributed by atoms with Crippen LogP contribution in [0.1, 0.15) is 5.82 Å². The van der Waals surface area contributed by atoms with E-state index >= 15 is 0 Å². The van der Waals surface area contributed by atoms with Gasteiger partial charge in [-0.05, 0) is 0 Å². The van der Waals surface area contributed by atoms with Gasteiger partial charge in [0.2, 0.25) is 0 Å². The van der Waals surface area contributed by atoms with E-state index in [2.05, 4.69) is 30.8 Å². The molecule has 13 heavy (non-hydrogen) atoms. The lowest BCUT2D eigenvalue weighted by Crippen LogP contribution is -1.91. The summed E-state index contributed by atoms with van der Waals surface area (Å²) in [6.45, 7) is 0. The third kappa shape index (κ3) is 2.46. The third-order valence-corrected chi connectivity index (χ3v) is 3.14. The zero-order chi connectivity index (χ0) is 8.93. The molecule has 2 aromatic heterocycles. The fraction of sp³-hybridized carbons (Fsp3) is 0.400. The van der Waals surface area contributed by atoms with Gasteiger partial charge < -0.3 is 0 Å². The molecule has 0 aromatic carbocycles. The summed E-state index contributed by atoms with van der Waals surface area (Å²) in [6.07, 6.45) is 0.792. The summed E-state index contributed by atoms with van der Waals surface area (Å²) >= 11 is 3.19. The highest BCUT2D eigenvalue weighted by Crippen LogP contribution is 2.18. The van der Waals surface area contributed by atoms with Gasteiger partial charge in [0, 0.05) is 12.2 Å². The number of thioether (sulfide) groups is 1. The zero-order valence-electron chi connectivity index (χ0n) is 6.54. The fourth-order valence-electron chi connectivity index (χ4n) is 0.744. The molecule has 0 saturated carbocycles. The monoisotopic (exact) mass is 214 g/mol.